The van der Waals surface area contributed by atoms with Gasteiger partial charge < -0.3 is 0 Å². The molecule has 3 aromatic rings. The average molecular weight is 481 g/mol. The molecule has 4 heterocycles. The number of hydrogen-bond donors (Lipinski definition) is 0. The number of hydrogen-bond acceptors (Lipinski definition) is 5. The monoisotopic (exact) mass is 480 g/mol. The van der Waals surface area contributed by atoms with Gasteiger partial charge in [-0.3, -0.25) is 29.4 Å². The van der Waals surface area contributed by atoms with E-state index in [1.165, 1.54) is 16.0 Å². The van der Waals surface area contributed by atoms with Crippen molar-refractivity contribution in [2.24, 2.45) is 0 Å². The molecule has 6 heteroatoms. The lowest BCUT2D eigenvalue weighted by molar-refractivity contribution is 0.0646. The van der Waals surface area contributed by atoms with Crippen LogP contribution in [0.3, 0.4) is 0 Å². The molecule has 0 aliphatic carbocycles. The van der Waals surface area contributed by atoms with Crippen LogP contribution in [0.2, 0.25) is 0 Å². The van der Waals surface area contributed by atoms with E-state index in [-0.39, 0.29) is 23.9 Å². The third kappa shape index (κ3) is 4.61. The summed E-state index contributed by atoms with van der Waals surface area (Å²) < 4.78 is 0. The van der Waals surface area contributed by atoms with Crippen molar-refractivity contribution >= 4 is 11.8 Å². The van der Waals surface area contributed by atoms with Crippen LogP contribution in [0.4, 0.5) is 0 Å². The molecule has 0 N–H and O–H groups in total. The molecule has 0 radical (unpaired) electrons. The summed E-state index contributed by atoms with van der Waals surface area (Å²) in [6.45, 7) is 5.50. The number of unbranched alkanes of at least 4 members (excludes halogenated alkanes) is 1. The number of nitrogens with zero attached hydrogens (tertiary/aromatic N) is 4. The van der Waals surface area contributed by atoms with Crippen molar-refractivity contribution in [3.05, 3.63) is 107 Å². The fourth-order valence-electron chi connectivity index (χ4n) is 5.49. The van der Waals surface area contributed by atoms with Crippen LogP contribution in [0, 0.1) is 13.8 Å². The van der Waals surface area contributed by atoms with Crippen LogP contribution in [0.5, 0.6) is 0 Å². The summed E-state index contributed by atoms with van der Waals surface area (Å²) in [4.78, 5) is 39.0. The summed E-state index contributed by atoms with van der Waals surface area (Å²) in [5.74, 6) is -0.364. The number of carbonyl (C=O) groups excluding carboxylic acids is 2. The van der Waals surface area contributed by atoms with E-state index in [9.17, 15) is 9.59 Å². The van der Waals surface area contributed by atoms with Crippen molar-refractivity contribution in [2.75, 3.05) is 13.1 Å². The minimum atomic E-state index is -0.182. The van der Waals surface area contributed by atoms with Gasteiger partial charge >= 0.3 is 0 Å². The first-order valence-electron chi connectivity index (χ1n) is 12.7. The topological polar surface area (TPSA) is 66.4 Å². The highest BCUT2D eigenvalue weighted by atomic mass is 16.2. The third-order valence-electron chi connectivity index (χ3n) is 7.34. The second kappa shape index (κ2) is 10.5. The second-order valence-corrected chi connectivity index (χ2v) is 9.64. The van der Waals surface area contributed by atoms with E-state index in [1.54, 1.807) is 24.3 Å². The van der Waals surface area contributed by atoms with E-state index in [0.717, 1.165) is 43.6 Å². The van der Waals surface area contributed by atoms with Gasteiger partial charge in [-0.05, 0) is 81.5 Å². The second-order valence-electron chi connectivity index (χ2n) is 9.64. The van der Waals surface area contributed by atoms with Crippen LogP contribution in [0.15, 0.2) is 73.1 Å². The van der Waals surface area contributed by atoms with Gasteiger partial charge in [0.1, 0.15) is 0 Å². The average Bonchev–Trinajstić information content (AvgIpc) is 3.02. The van der Waals surface area contributed by atoms with Crippen LogP contribution in [-0.4, -0.2) is 44.7 Å². The molecular formula is C30H32N4O2. The number of amides is 2. The van der Waals surface area contributed by atoms with Crippen LogP contribution >= 0.6 is 0 Å². The Hall–Kier alpha value is -3.64. The lowest BCUT2D eigenvalue weighted by Crippen LogP contribution is -2.35. The molecule has 1 aromatic carbocycles. The van der Waals surface area contributed by atoms with E-state index in [1.807, 2.05) is 24.5 Å². The number of imide groups is 1. The Morgan fingerprint density at radius 1 is 0.722 bits per heavy atom. The number of aryl methyl sites for hydroxylation is 2. The number of rotatable bonds is 7. The minimum absolute atomic E-state index is 0.135. The minimum Gasteiger partial charge on any atom is -0.286 e. The molecule has 0 bridgehead atoms. The van der Waals surface area contributed by atoms with Crippen molar-refractivity contribution in [3.8, 4) is 0 Å². The van der Waals surface area contributed by atoms with Gasteiger partial charge in [0.05, 0.1) is 34.6 Å². The van der Waals surface area contributed by atoms with E-state index in [2.05, 4.69) is 43.0 Å². The maximum Gasteiger partial charge on any atom is 0.261 e. The predicted octanol–water partition coefficient (Wildman–Crippen LogP) is 5.60. The normalized spacial score (nSPS) is 20.0. The Bertz CT molecular complexity index is 1210. The van der Waals surface area contributed by atoms with Gasteiger partial charge in [0.2, 0.25) is 0 Å². The molecule has 184 valence electrons. The fourth-order valence-corrected chi connectivity index (χ4v) is 5.49. The van der Waals surface area contributed by atoms with E-state index >= 15 is 0 Å². The Morgan fingerprint density at radius 3 is 1.72 bits per heavy atom. The summed E-state index contributed by atoms with van der Waals surface area (Å²) >= 11 is 0. The molecule has 5 rings (SSSR count). The van der Waals surface area contributed by atoms with Crippen LogP contribution in [0.25, 0.3) is 0 Å². The zero-order valence-electron chi connectivity index (χ0n) is 20.9. The van der Waals surface area contributed by atoms with Gasteiger partial charge in [-0.15, -0.1) is 0 Å². The number of pyridine rings is 2. The first-order chi connectivity index (χ1) is 17.6. The van der Waals surface area contributed by atoms with Crippen molar-refractivity contribution in [1.82, 2.24) is 19.8 Å². The van der Waals surface area contributed by atoms with Crippen LogP contribution in [-0.2, 0) is 0 Å². The molecule has 0 saturated carbocycles. The molecule has 2 aliphatic heterocycles. The number of carbonyl (C=O) groups is 2. The standard InChI is InChI=1S/C30H32N4O2/c1-21-11-9-17-31-27(21)25-15-5-6-16-26(28-22(2)12-10-18-32-28)33(25)19-7-8-20-34-29(35)23-13-3-4-14-24(23)30(34)36/h3-6,9-14,17-18,25-26H,7-8,15-16,19-20H2,1-2H3. The Labute approximate surface area is 212 Å². The molecule has 0 spiro atoms. The summed E-state index contributed by atoms with van der Waals surface area (Å²) in [5.41, 5.74) is 5.59. The largest absolute Gasteiger partial charge is 0.286 e. The lowest BCUT2D eigenvalue weighted by Gasteiger charge is -2.37. The number of fused-ring (bicyclic) bond motifs is 1. The highest BCUT2D eigenvalue weighted by Crippen LogP contribution is 2.38. The maximum atomic E-state index is 12.8. The van der Waals surface area contributed by atoms with E-state index < -0.39 is 0 Å². The van der Waals surface area contributed by atoms with E-state index in [4.69, 9.17) is 9.97 Å². The molecule has 0 fully saturated rings. The summed E-state index contributed by atoms with van der Waals surface area (Å²) in [6, 6.07) is 15.6. The smallest absolute Gasteiger partial charge is 0.261 e. The van der Waals surface area contributed by atoms with Gasteiger partial charge in [0, 0.05) is 18.9 Å². The predicted molar refractivity (Wildman–Crippen MR) is 140 cm³/mol. The first-order valence-corrected chi connectivity index (χ1v) is 12.7. The Morgan fingerprint density at radius 2 is 1.22 bits per heavy atom. The van der Waals surface area contributed by atoms with Crippen LogP contribution in [0.1, 0.15) is 81.0 Å². The molecule has 2 atom stereocenters. The molecule has 2 aromatic heterocycles. The molecule has 36 heavy (non-hydrogen) atoms. The van der Waals surface area contributed by atoms with Gasteiger partial charge in [-0.1, -0.05) is 36.4 Å². The molecule has 2 aliphatic rings. The Kier molecular flexibility index (Phi) is 7.05. The molecule has 6 nitrogen and oxygen atoms in total. The van der Waals surface area contributed by atoms with Crippen molar-refractivity contribution in [1.29, 1.82) is 0 Å². The zero-order valence-corrected chi connectivity index (χ0v) is 20.9. The van der Waals surface area contributed by atoms with Gasteiger partial charge in [0.15, 0.2) is 0 Å². The zero-order chi connectivity index (χ0) is 25.1. The molecule has 2 unspecified atom stereocenters. The maximum absolute atomic E-state index is 12.8. The van der Waals surface area contributed by atoms with Crippen LogP contribution < -0.4 is 0 Å². The fraction of sp³-hybridized carbons (Fsp3) is 0.333. The summed E-state index contributed by atoms with van der Waals surface area (Å²) in [5, 5.41) is 0. The molecule has 0 saturated heterocycles. The lowest BCUT2D eigenvalue weighted by atomic mass is 9.98. The van der Waals surface area contributed by atoms with E-state index in [0.29, 0.717) is 17.7 Å². The molecular weight excluding hydrogens is 448 g/mol. The third-order valence-corrected chi connectivity index (χ3v) is 7.34. The highest BCUT2D eigenvalue weighted by Gasteiger charge is 2.35. The van der Waals surface area contributed by atoms with Crippen molar-refractivity contribution in [2.45, 2.75) is 51.6 Å². The molecule has 2 amide bonds. The van der Waals surface area contributed by atoms with Gasteiger partial charge in [-0.25, -0.2) is 0 Å². The van der Waals surface area contributed by atoms with Gasteiger partial charge in [-0.2, -0.15) is 0 Å². The quantitative estimate of drug-likeness (QED) is 0.250. The first kappa shape index (κ1) is 24.1. The number of benzene rings is 1. The summed E-state index contributed by atoms with van der Waals surface area (Å²) in [7, 11) is 0. The number of aromatic nitrogens is 2. The van der Waals surface area contributed by atoms with Crippen molar-refractivity contribution < 1.29 is 9.59 Å². The van der Waals surface area contributed by atoms with Crippen molar-refractivity contribution in [3.63, 3.8) is 0 Å². The SMILES string of the molecule is Cc1cccnc1C1CC=CCC(c2ncccc2C)N1CCCCN1C(=O)c2ccccc2C1=O. The Balaban J connectivity index is 1.35. The highest BCUT2D eigenvalue weighted by molar-refractivity contribution is 6.21. The summed E-state index contributed by atoms with van der Waals surface area (Å²) in [6.07, 6.45) is 11.7. The van der Waals surface area contributed by atoms with Gasteiger partial charge in [0.25, 0.3) is 11.8 Å².